The quantitative estimate of drug-likeness (QED) is 0.563. The second kappa shape index (κ2) is 9.19. The van der Waals surface area contributed by atoms with Gasteiger partial charge >= 0.3 is 6.18 Å². The van der Waals surface area contributed by atoms with Crippen molar-refractivity contribution in [1.82, 2.24) is 15.6 Å². The molecule has 6 nitrogen and oxygen atoms in total. The van der Waals surface area contributed by atoms with Crippen LogP contribution in [0.1, 0.15) is 28.9 Å². The van der Waals surface area contributed by atoms with Crippen LogP contribution < -0.4 is 10.6 Å². The first kappa shape index (κ1) is 23.6. The van der Waals surface area contributed by atoms with Gasteiger partial charge in [-0.25, -0.2) is 13.8 Å². The van der Waals surface area contributed by atoms with E-state index in [1.54, 1.807) is 0 Å². The second-order valence-electron chi connectivity index (χ2n) is 7.44. The molecule has 1 aromatic carbocycles. The van der Waals surface area contributed by atoms with E-state index in [1.807, 2.05) is 0 Å². The van der Waals surface area contributed by atoms with Gasteiger partial charge in [-0.1, -0.05) is 12.6 Å². The van der Waals surface area contributed by atoms with Gasteiger partial charge in [0.1, 0.15) is 12.3 Å². The molecule has 0 bridgehead atoms. The molecule has 0 aliphatic heterocycles. The second-order valence-corrected chi connectivity index (χ2v) is 7.44. The van der Waals surface area contributed by atoms with Crippen molar-refractivity contribution in [2.75, 3.05) is 19.8 Å². The minimum absolute atomic E-state index is 0.00674. The molecular formula is C21H20F5N3O3. The Morgan fingerprint density at radius 2 is 1.94 bits per heavy atom. The summed E-state index contributed by atoms with van der Waals surface area (Å²) in [5.41, 5.74) is -0.307. The summed E-state index contributed by atoms with van der Waals surface area (Å²) in [5.74, 6) is -4.61. The number of carbonyl (C=O) groups excluding carboxylic acids is 2. The topological polar surface area (TPSA) is 80.3 Å². The van der Waals surface area contributed by atoms with E-state index in [1.165, 1.54) is 18.2 Å². The number of carbonyl (C=O) groups is 2. The van der Waals surface area contributed by atoms with Crippen LogP contribution in [0.5, 0.6) is 0 Å². The fraction of sp³-hybridized carbons (Fsp3) is 0.381. The van der Waals surface area contributed by atoms with Crippen molar-refractivity contribution in [3.63, 3.8) is 0 Å². The van der Waals surface area contributed by atoms with Gasteiger partial charge in [0.25, 0.3) is 11.8 Å². The first-order chi connectivity index (χ1) is 15.0. The zero-order chi connectivity index (χ0) is 23.5. The van der Waals surface area contributed by atoms with Crippen LogP contribution in [0.25, 0.3) is 10.9 Å². The monoisotopic (exact) mass is 457 g/mol. The summed E-state index contributed by atoms with van der Waals surface area (Å²) in [6, 6.07) is 5.69. The molecule has 1 fully saturated rings. The summed E-state index contributed by atoms with van der Waals surface area (Å²) in [5, 5.41) is 5.26. The summed E-state index contributed by atoms with van der Waals surface area (Å²) in [4.78, 5) is 28.0. The standard InChI is InChI=1S/C21H20F5N3O3/c1-12(6-7-27-18(30)11-32-10-15-9-20(15,22)23)28-19(31)17-4-2-13-8-14(21(24,25)26)3-5-16(13)29-17/h2-5,8,15H,1,6-7,9-11H2,(H,27,30)(H,28,31)/t15-/m1/s1. The van der Waals surface area contributed by atoms with Gasteiger partial charge in [0.05, 0.1) is 23.6 Å². The first-order valence-corrected chi connectivity index (χ1v) is 9.65. The number of nitrogens with zero attached hydrogens (tertiary/aromatic N) is 1. The Hall–Kier alpha value is -3.08. The number of hydrogen-bond donors (Lipinski definition) is 2. The van der Waals surface area contributed by atoms with Crippen LogP contribution in [0.15, 0.2) is 42.6 Å². The molecule has 1 heterocycles. The number of benzene rings is 1. The third kappa shape index (κ3) is 6.22. The van der Waals surface area contributed by atoms with Gasteiger partial charge in [-0.2, -0.15) is 13.2 Å². The Kier molecular flexibility index (Phi) is 6.77. The lowest BCUT2D eigenvalue weighted by molar-refractivity contribution is -0.137. The number of nitrogens with one attached hydrogen (secondary N) is 2. The summed E-state index contributed by atoms with van der Waals surface area (Å²) < 4.78 is 68.7. The molecular weight excluding hydrogens is 437 g/mol. The van der Waals surface area contributed by atoms with E-state index in [0.29, 0.717) is 0 Å². The van der Waals surface area contributed by atoms with Crippen molar-refractivity contribution >= 4 is 22.7 Å². The van der Waals surface area contributed by atoms with Gasteiger partial charge in [-0.15, -0.1) is 0 Å². The number of hydrogen-bond acceptors (Lipinski definition) is 4. The maximum atomic E-state index is 12.8. The van der Waals surface area contributed by atoms with Crippen LogP contribution in [-0.2, 0) is 15.7 Å². The number of halogens is 5. The average Bonchev–Trinajstić information content (AvgIpc) is 3.32. The Morgan fingerprint density at radius 3 is 2.59 bits per heavy atom. The van der Waals surface area contributed by atoms with Gasteiger partial charge < -0.3 is 15.4 Å². The normalized spacial score (nSPS) is 17.1. The predicted octanol–water partition coefficient (Wildman–Crippen LogP) is 3.68. The molecule has 11 heteroatoms. The molecule has 2 aromatic rings. The highest BCUT2D eigenvalue weighted by molar-refractivity contribution is 5.95. The fourth-order valence-electron chi connectivity index (χ4n) is 2.86. The molecule has 1 aromatic heterocycles. The Morgan fingerprint density at radius 1 is 1.22 bits per heavy atom. The third-order valence-electron chi connectivity index (χ3n) is 4.80. The zero-order valence-electron chi connectivity index (χ0n) is 16.8. The lowest BCUT2D eigenvalue weighted by Gasteiger charge is -2.11. The van der Waals surface area contributed by atoms with Gasteiger partial charge in [0.2, 0.25) is 5.91 Å². The molecule has 1 atom stereocenters. The summed E-state index contributed by atoms with van der Waals surface area (Å²) >= 11 is 0. The van der Waals surface area contributed by atoms with Crippen LogP contribution >= 0.6 is 0 Å². The maximum absolute atomic E-state index is 12.8. The largest absolute Gasteiger partial charge is 0.416 e. The number of ether oxygens (including phenoxy) is 1. The van der Waals surface area contributed by atoms with E-state index >= 15 is 0 Å². The molecule has 0 saturated heterocycles. The van der Waals surface area contributed by atoms with E-state index < -0.39 is 35.4 Å². The van der Waals surface area contributed by atoms with Crippen LogP contribution in [-0.4, -0.2) is 42.5 Å². The van der Waals surface area contributed by atoms with E-state index in [2.05, 4.69) is 22.2 Å². The van der Waals surface area contributed by atoms with E-state index in [-0.39, 0.29) is 54.9 Å². The summed E-state index contributed by atoms with van der Waals surface area (Å²) in [6.45, 7) is 3.28. The van der Waals surface area contributed by atoms with Crippen LogP contribution in [0.4, 0.5) is 22.0 Å². The van der Waals surface area contributed by atoms with E-state index in [0.717, 1.165) is 12.1 Å². The average molecular weight is 457 g/mol. The SMILES string of the molecule is C=C(CCNC(=O)COC[C@H]1CC1(F)F)NC(=O)c1ccc2cc(C(F)(F)F)ccc2n1. The van der Waals surface area contributed by atoms with Crippen molar-refractivity contribution in [1.29, 1.82) is 0 Å². The summed E-state index contributed by atoms with van der Waals surface area (Å²) in [6.07, 6.45) is -4.51. The number of alkyl halides is 5. The smallest absolute Gasteiger partial charge is 0.371 e. The van der Waals surface area contributed by atoms with Crippen molar-refractivity contribution in [3.05, 3.63) is 53.9 Å². The highest BCUT2D eigenvalue weighted by atomic mass is 19.4. The third-order valence-corrected chi connectivity index (χ3v) is 4.80. The molecule has 172 valence electrons. The molecule has 2 N–H and O–H groups in total. The minimum Gasteiger partial charge on any atom is -0.371 e. The van der Waals surface area contributed by atoms with Crippen molar-refractivity contribution in [2.45, 2.75) is 24.9 Å². The number of fused-ring (bicyclic) bond motifs is 1. The molecule has 0 radical (unpaired) electrons. The Labute approximate surface area is 179 Å². The summed E-state index contributed by atoms with van der Waals surface area (Å²) in [7, 11) is 0. The predicted molar refractivity (Wildman–Crippen MR) is 105 cm³/mol. The minimum atomic E-state index is -4.48. The fourth-order valence-corrected chi connectivity index (χ4v) is 2.86. The van der Waals surface area contributed by atoms with Gasteiger partial charge in [0.15, 0.2) is 0 Å². The van der Waals surface area contributed by atoms with Crippen LogP contribution in [0.3, 0.4) is 0 Å². The lowest BCUT2D eigenvalue weighted by Crippen LogP contribution is -2.31. The van der Waals surface area contributed by atoms with Crippen molar-refractivity contribution in [2.24, 2.45) is 5.92 Å². The molecule has 1 aliphatic rings. The molecule has 2 amide bonds. The molecule has 0 spiro atoms. The lowest BCUT2D eigenvalue weighted by atomic mass is 10.1. The van der Waals surface area contributed by atoms with E-state index in [9.17, 15) is 31.5 Å². The van der Waals surface area contributed by atoms with E-state index in [4.69, 9.17) is 4.74 Å². The van der Waals surface area contributed by atoms with Crippen LogP contribution in [0.2, 0.25) is 0 Å². The van der Waals surface area contributed by atoms with Gasteiger partial charge in [-0.05, 0) is 24.3 Å². The number of pyridine rings is 1. The highest BCUT2D eigenvalue weighted by Gasteiger charge is 2.56. The highest BCUT2D eigenvalue weighted by Crippen LogP contribution is 2.48. The Balaban J connectivity index is 1.42. The number of rotatable bonds is 9. The molecule has 1 saturated carbocycles. The maximum Gasteiger partial charge on any atom is 0.416 e. The van der Waals surface area contributed by atoms with Gasteiger partial charge in [0, 0.05) is 30.5 Å². The molecule has 0 unspecified atom stereocenters. The van der Waals surface area contributed by atoms with Crippen LogP contribution in [0, 0.1) is 5.92 Å². The molecule has 1 aliphatic carbocycles. The number of aromatic nitrogens is 1. The van der Waals surface area contributed by atoms with Crippen molar-refractivity contribution in [3.8, 4) is 0 Å². The number of amides is 2. The van der Waals surface area contributed by atoms with Crippen molar-refractivity contribution < 1.29 is 36.3 Å². The first-order valence-electron chi connectivity index (χ1n) is 9.65. The molecule has 32 heavy (non-hydrogen) atoms. The molecule has 3 rings (SSSR count). The van der Waals surface area contributed by atoms with Gasteiger partial charge in [-0.3, -0.25) is 9.59 Å². The zero-order valence-corrected chi connectivity index (χ0v) is 16.8. The Bertz CT molecular complexity index is 1040.